The first-order chi connectivity index (χ1) is 10.4. The number of amides is 1. The lowest BCUT2D eigenvalue weighted by molar-refractivity contribution is 0.0955. The summed E-state index contributed by atoms with van der Waals surface area (Å²) in [6.07, 6.45) is 0. The van der Waals surface area contributed by atoms with Crippen molar-refractivity contribution in [1.82, 2.24) is 5.43 Å². The van der Waals surface area contributed by atoms with Crippen molar-refractivity contribution >= 4 is 58.0 Å². The summed E-state index contributed by atoms with van der Waals surface area (Å²) in [5, 5.41) is 5.24. The van der Waals surface area contributed by atoms with Gasteiger partial charge in [-0.3, -0.25) is 4.79 Å². The molecule has 1 N–H and O–H groups in total. The van der Waals surface area contributed by atoms with Gasteiger partial charge in [-0.05, 0) is 25.1 Å². The average Bonchev–Trinajstić information content (AvgIpc) is 2.50. The minimum atomic E-state index is -0.416. The van der Waals surface area contributed by atoms with Crippen LogP contribution in [0.1, 0.15) is 22.8 Å². The molecule has 0 aliphatic heterocycles. The van der Waals surface area contributed by atoms with Crippen molar-refractivity contribution < 1.29 is 4.79 Å². The van der Waals surface area contributed by atoms with Crippen molar-refractivity contribution in [2.24, 2.45) is 5.10 Å². The van der Waals surface area contributed by atoms with E-state index in [1.165, 1.54) is 0 Å². The highest BCUT2D eigenvalue weighted by Gasteiger charge is 2.12. The number of nitrogens with zero attached hydrogens (tertiary/aromatic N) is 1. The Balaban J connectivity index is 2.22. The Bertz CT molecular complexity index is 759. The lowest BCUT2D eigenvalue weighted by atomic mass is 10.1. The summed E-state index contributed by atoms with van der Waals surface area (Å²) in [6, 6.07) is 9.98. The van der Waals surface area contributed by atoms with Crippen LogP contribution in [0, 0.1) is 0 Å². The molecule has 2 rings (SSSR count). The van der Waals surface area contributed by atoms with Crippen LogP contribution in [0.25, 0.3) is 0 Å². The highest BCUT2D eigenvalue weighted by atomic mass is 35.5. The van der Waals surface area contributed by atoms with E-state index in [2.05, 4.69) is 10.5 Å². The summed E-state index contributed by atoms with van der Waals surface area (Å²) in [7, 11) is 0. The van der Waals surface area contributed by atoms with Gasteiger partial charge in [0.05, 0.1) is 31.4 Å². The second-order valence-electron chi connectivity index (χ2n) is 4.34. The molecule has 2 aromatic rings. The van der Waals surface area contributed by atoms with Crippen LogP contribution in [0.15, 0.2) is 41.5 Å². The van der Waals surface area contributed by atoms with Crippen molar-refractivity contribution in [3.05, 3.63) is 67.6 Å². The number of hydrogen-bond donors (Lipinski definition) is 1. The first-order valence-electron chi connectivity index (χ1n) is 6.15. The SMILES string of the molecule is CC(=NNC(=O)c1ccccc1Cl)c1ccc(Cl)c(Cl)c1Cl. The van der Waals surface area contributed by atoms with Gasteiger partial charge >= 0.3 is 0 Å². The fourth-order valence-corrected chi connectivity index (χ4v) is 2.60. The Hall–Kier alpha value is -1.26. The number of halogens is 4. The zero-order valence-electron chi connectivity index (χ0n) is 11.3. The molecule has 0 aromatic heterocycles. The monoisotopic (exact) mass is 374 g/mol. The predicted octanol–water partition coefficient (Wildman–Crippen LogP) is 5.45. The molecule has 0 saturated heterocycles. The van der Waals surface area contributed by atoms with Gasteiger partial charge in [-0.15, -0.1) is 0 Å². The van der Waals surface area contributed by atoms with Gasteiger partial charge in [0, 0.05) is 5.56 Å². The first kappa shape index (κ1) is 17.1. The van der Waals surface area contributed by atoms with E-state index in [4.69, 9.17) is 46.4 Å². The number of carbonyl (C=O) groups is 1. The van der Waals surface area contributed by atoms with Gasteiger partial charge in [0.1, 0.15) is 0 Å². The van der Waals surface area contributed by atoms with E-state index in [-0.39, 0.29) is 10.0 Å². The topological polar surface area (TPSA) is 41.5 Å². The molecule has 0 bridgehead atoms. The quantitative estimate of drug-likeness (QED) is 0.432. The molecule has 0 unspecified atom stereocenters. The summed E-state index contributed by atoms with van der Waals surface area (Å²) in [4.78, 5) is 12.0. The van der Waals surface area contributed by atoms with Crippen LogP contribution >= 0.6 is 46.4 Å². The predicted molar refractivity (Wildman–Crippen MR) is 92.6 cm³/mol. The Labute approximate surface area is 147 Å². The third kappa shape index (κ3) is 3.73. The van der Waals surface area contributed by atoms with Crippen molar-refractivity contribution in [2.75, 3.05) is 0 Å². The molecule has 0 saturated carbocycles. The third-order valence-corrected chi connectivity index (χ3v) is 4.49. The molecule has 0 fully saturated rings. The van der Waals surface area contributed by atoms with Crippen LogP contribution in [0.4, 0.5) is 0 Å². The molecule has 7 heteroatoms. The molecule has 0 radical (unpaired) electrons. The maximum atomic E-state index is 12.0. The molecule has 3 nitrogen and oxygen atoms in total. The van der Waals surface area contributed by atoms with Gasteiger partial charge in [0.2, 0.25) is 0 Å². The Morgan fingerprint density at radius 1 is 0.909 bits per heavy atom. The van der Waals surface area contributed by atoms with E-state index >= 15 is 0 Å². The minimum Gasteiger partial charge on any atom is -0.267 e. The number of hydrogen-bond acceptors (Lipinski definition) is 2. The van der Waals surface area contributed by atoms with Crippen LogP contribution in [0.5, 0.6) is 0 Å². The van der Waals surface area contributed by atoms with E-state index in [1.54, 1.807) is 43.3 Å². The number of rotatable bonds is 3. The van der Waals surface area contributed by atoms with Crippen LogP contribution in [0.2, 0.25) is 20.1 Å². The lowest BCUT2D eigenvalue weighted by Gasteiger charge is -2.08. The molecule has 2 aromatic carbocycles. The van der Waals surface area contributed by atoms with E-state index in [1.807, 2.05) is 0 Å². The van der Waals surface area contributed by atoms with Gasteiger partial charge in [0.25, 0.3) is 5.91 Å². The second kappa shape index (κ2) is 7.34. The number of benzene rings is 2. The van der Waals surface area contributed by atoms with E-state index in [0.717, 1.165) is 0 Å². The zero-order valence-corrected chi connectivity index (χ0v) is 14.4. The lowest BCUT2D eigenvalue weighted by Crippen LogP contribution is -2.19. The zero-order chi connectivity index (χ0) is 16.3. The van der Waals surface area contributed by atoms with E-state index in [9.17, 15) is 4.79 Å². The van der Waals surface area contributed by atoms with Crippen LogP contribution in [-0.4, -0.2) is 11.6 Å². The molecule has 1 amide bonds. The highest BCUT2D eigenvalue weighted by Crippen LogP contribution is 2.32. The third-order valence-electron chi connectivity index (χ3n) is 2.87. The summed E-state index contributed by atoms with van der Waals surface area (Å²) < 4.78 is 0. The molecule has 0 atom stereocenters. The first-order valence-corrected chi connectivity index (χ1v) is 7.66. The van der Waals surface area contributed by atoms with Crippen molar-refractivity contribution in [2.45, 2.75) is 6.92 Å². The highest BCUT2D eigenvalue weighted by molar-refractivity contribution is 6.49. The molecular formula is C15H10Cl4N2O. The maximum Gasteiger partial charge on any atom is 0.272 e. The van der Waals surface area contributed by atoms with Gasteiger partial charge in [-0.2, -0.15) is 5.10 Å². The van der Waals surface area contributed by atoms with Crippen molar-refractivity contribution in [3.8, 4) is 0 Å². The summed E-state index contributed by atoms with van der Waals surface area (Å²) in [6.45, 7) is 1.69. The minimum absolute atomic E-state index is 0.243. The van der Waals surface area contributed by atoms with E-state index < -0.39 is 5.91 Å². The van der Waals surface area contributed by atoms with Gasteiger partial charge in [0.15, 0.2) is 0 Å². The molecule has 22 heavy (non-hydrogen) atoms. The van der Waals surface area contributed by atoms with Gasteiger partial charge in [-0.1, -0.05) is 64.6 Å². The molecular weight excluding hydrogens is 366 g/mol. The standard InChI is InChI=1S/C15H10Cl4N2O/c1-8(9-6-7-12(17)14(19)13(9)18)20-21-15(22)10-4-2-3-5-11(10)16/h2-7H,1H3,(H,21,22). The summed E-state index contributed by atoms with van der Waals surface area (Å²) in [5.41, 5.74) is 3.83. The van der Waals surface area contributed by atoms with Crippen molar-refractivity contribution in [1.29, 1.82) is 0 Å². The number of carbonyl (C=O) groups excluding carboxylic acids is 1. The Morgan fingerprint density at radius 3 is 2.27 bits per heavy atom. The Kier molecular flexibility index (Phi) is 5.70. The second-order valence-corrected chi connectivity index (χ2v) is 5.91. The molecule has 0 heterocycles. The fraction of sp³-hybridized carbons (Fsp3) is 0.0667. The number of nitrogens with one attached hydrogen (secondary N) is 1. The molecule has 0 spiro atoms. The number of hydrazone groups is 1. The van der Waals surface area contributed by atoms with Crippen LogP contribution in [-0.2, 0) is 0 Å². The van der Waals surface area contributed by atoms with Gasteiger partial charge < -0.3 is 0 Å². The van der Waals surface area contributed by atoms with Crippen molar-refractivity contribution in [3.63, 3.8) is 0 Å². The van der Waals surface area contributed by atoms with Crippen LogP contribution < -0.4 is 5.43 Å². The smallest absolute Gasteiger partial charge is 0.267 e. The largest absolute Gasteiger partial charge is 0.272 e. The maximum absolute atomic E-state index is 12.0. The van der Waals surface area contributed by atoms with E-state index in [0.29, 0.717) is 26.9 Å². The summed E-state index contributed by atoms with van der Waals surface area (Å²) >= 11 is 23.9. The Morgan fingerprint density at radius 2 is 1.59 bits per heavy atom. The average molecular weight is 376 g/mol. The van der Waals surface area contributed by atoms with Crippen LogP contribution in [0.3, 0.4) is 0 Å². The molecule has 0 aliphatic rings. The molecule has 114 valence electrons. The van der Waals surface area contributed by atoms with Gasteiger partial charge in [-0.25, -0.2) is 5.43 Å². The fourth-order valence-electron chi connectivity index (χ4n) is 1.71. The molecule has 0 aliphatic carbocycles. The normalized spacial score (nSPS) is 11.4. The summed E-state index contributed by atoms with van der Waals surface area (Å²) in [5.74, 6) is -0.416.